The topological polar surface area (TPSA) is 114 Å². The van der Waals surface area contributed by atoms with Crippen LogP contribution in [0.3, 0.4) is 0 Å². The molecule has 0 saturated heterocycles. The highest BCUT2D eigenvalue weighted by Crippen LogP contribution is 2.03. The smallest absolute Gasteiger partial charge is 0.333 e. The quantitative estimate of drug-likeness (QED) is 0.557. The first kappa shape index (κ1) is 15.1. The molecule has 0 aliphatic rings. The van der Waals surface area contributed by atoms with Crippen LogP contribution in [0.25, 0.3) is 0 Å². The molecule has 1 N–H and O–H groups in total. The van der Waals surface area contributed by atoms with Crippen LogP contribution in [-0.4, -0.2) is 33.4 Å². The zero-order chi connectivity index (χ0) is 14.4. The van der Waals surface area contributed by atoms with E-state index in [1.165, 1.54) is 13.1 Å². The summed E-state index contributed by atoms with van der Waals surface area (Å²) in [6.07, 6.45) is 1.26. The molecule has 1 aromatic rings. The van der Waals surface area contributed by atoms with Gasteiger partial charge in [0.15, 0.2) is 0 Å². The van der Waals surface area contributed by atoms with Gasteiger partial charge in [-0.15, -0.1) is 0 Å². The zero-order valence-electron chi connectivity index (χ0n) is 10.4. The average molecular weight is 271 g/mol. The van der Waals surface area contributed by atoms with Crippen molar-refractivity contribution in [3.63, 3.8) is 0 Å². The third kappa shape index (κ3) is 3.52. The van der Waals surface area contributed by atoms with Crippen molar-refractivity contribution in [2.24, 2.45) is 0 Å². The van der Waals surface area contributed by atoms with E-state index in [1.54, 1.807) is 0 Å². The van der Waals surface area contributed by atoms with E-state index in [1.807, 2.05) is 0 Å². The number of carbonyl (C=O) groups is 1. The monoisotopic (exact) mass is 271 g/mol. The van der Waals surface area contributed by atoms with Gasteiger partial charge in [-0.2, -0.15) is 0 Å². The second-order valence-electron chi connectivity index (χ2n) is 3.78. The highest BCUT2D eigenvalue weighted by atomic mass is 16.5. The molecule has 0 aliphatic heterocycles. The Morgan fingerprint density at radius 3 is 2.74 bits per heavy atom. The summed E-state index contributed by atoms with van der Waals surface area (Å²) in [6.45, 7) is 1.18. The zero-order valence-corrected chi connectivity index (χ0v) is 10.4. The number of aliphatic hydroxyl groups is 1. The van der Waals surface area contributed by atoms with E-state index in [4.69, 9.17) is 9.84 Å². The van der Waals surface area contributed by atoms with Gasteiger partial charge < -0.3 is 19.7 Å². The van der Waals surface area contributed by atoms with Crippen molar-refractivity contribution in [1.29, 1.82) is 0 Å². The predicted molar refractivity (Wildman–Crippen MR) is 62.3 cm³/mol. The number of nitrogens with zero attached hydrogens (tertiary/aromatic N) is 2. The van der Waals surface area contributed by atoms with Crippen LogP contribution in [0, 0.1) is 0 Å². The molecule has 106 valence electrons. The number of hydrogen-bond acceptors (Lipinski definition) is 6. The lowest BCUT2D eigenvalue weighted by Gasteiger charge is -2.19. The fraction of sp³-hybridized carbons (Fsp3) is 0.545. The lowest BCUT2D eigenvalue weighted by Crippen LogP contribution is -2.47. The Bertz CT molecular complexity index is 547. The minimum absolute atomic E-state index is 0.0310. The first-order chi connectivity index (χ1) is 9.02. The third-order valence-corrected chi connectivity index (χ3v) is 2.52. The number of ether oxygens (including phenoxy) is 1. The van der Waals surface area contributed by atoms with E-state index in [0.29, 0.717) is 4.57 Å². The SMILES string of the molecule is CCC(C(=O)[O-])n1c(=O)ccn(COCCO)c1=O. The third-order valence-electron chi connectivity index (χ3n) is 2.52. The second-order valence-corrected chi connectivity index (χ2v) is 3.78. The molecule has 0 aromatic carbocycles. The molecule has 0 aliphatic carbocycles. The van der Waals surface area contributed by atoms with Gasteiger partial charge in [0.2, 0.25) is 0 Å². The van der Waals surface area contributed by atoms with Crippen molar-refractivity contribution < 1.29 is 19.7 Å². The van der Waals surface area contributed by atoms with Crippen LogP contribution in [0.5, 0.6) is 0 Å². The van der Waals surface area contributed by atoms with Gasteiger partial charge in [0.1, 0.15) is 6.73 Å². The molecule has 0 saturated carbocycles. The normalized spacial score (nSPS) is 12.3. The molecule has 1 rings (SSSR count). The maximum absolute atomic E-state index is 12.0. The van der Waals surface area contributed by atoms with E-state index in [2.05, 4.69) is 0 Å². The number of carboxylic acid groups (broad SMARTS) is 1. The van der Waals surface area contributed by atoms with E-state index >= 15 is 0 Å². The summed E-state index contributed by atoms with van der Waals surface area (Å²) >= 11 is 0. The van der Waals surface area contributed by atoms with Crippen LogP contribution in [0.4, 0.5) is 0 Å². The molecular formula is C11H15N2O6-. The van der Waals surface area contributed by atoms with Crippen LogP contribution in [0.15, 0.2) is 21.9 Å². The molecule has 1 atom stereocenters. The minimum atomic E-state index is -1.49. The lowest BCUT2D eigenvalue weighted by molar-refractivity contribution is -0.310. The average Bonchev–Trinajstić information content (AvgIpc) is 2.36. The van der Waals surface area contributed by atoms with Gasteiger partial charge in [-0.05, 0) is 6.42 Å². The summed E-state index contributed by atoms with van der Waals surface area (Å²) in [5.74, 6) is -1.49. The number of carbonyl (C=O) groups excluding carboxylic acids is 1. The molecule has 1 aromatic heterocycles. The van der Waals surface area contributed by atoms with Crippen molar-refractivity contribution >= 4 is 5.97 Å². The Morgan fingerprint density at radius 1 is 1.53 bits per heavy atom. The Balaban J connectivity index is 3.17. The van der Waals surface area contributed by atoms with Gasteiger partial charge in [-0.25, -0.2) is 4.79 Å². The first-order valence-corrected chi connectivity index (χ1v) is 5.74. The van der Waals surface area contributed by atoms with E-state index in [0.717, 1.165) is 10.6 Å². The molecule has 0 amide bonds. The van der Waals surface area contributed by atoms with Crippen LogP contribution in [0.1, 0.15) is 19.4 Å². The molecular weight excluding hydrogens is 256 g/mol. The Morgan fingerprint density at radius 2 is 2.21 bits per heavy atom. The van der Waals surface area contributed by atoms with Gasteiger partial charge in [0, 0.05) is 12.3 Å². The van der Waals surface area contributed by atoms with Crippen molar-refractivity contribution in [2.75, 3.05) is 13.2 Å². The highest BCUT2D eigenvalue weighted by molar-refractivity contribution is 5.69. The van der Waals surface area contributed by atoms with Gasteiger partial charge in [-0.1, -0.05) is 6.92 Å². The van der Waals surface area contributed by atoms with E-state index in [-0.39, 0.29) is 26.4 Å². The summed E-state index contributed by atoms with van der Waals surface area (Å²) in [6, 6.07) is -0.236. The minimum Gasteiger partial charge on any atom is -0.548 e. The molecule has 0 fully saturated rings. The Hall–Kier alpha value is -1.93. The number of hydrogen-bond donors (Lipinski definition) is 1. The van der Waals surface area contributed by atoms with Crippen LogP contribution in [0.2, 0.25) is 0 Å². The predicted octanol–water partition coefficient (Wildman–Crippen LogP) is -2.32. The summed E-state index contributed by atoms with van der Waals surface area (Å²) in [5.41, 5.74) is -1.50. The van der Waals surface area contributed by atoms with Gasteiger partial charge in [0.25, 0.3) is 5.56 Å². The second kappa shape index (κ2) is 6.86. The summed E-state index contributed by atoms with van der Waals surface area (Å²) in [5, 5.41) is 19.5. The molecule has 0 spiro atoms. The summed E-state index contributed by atoms with van der Waals surface area (Å²) in [7, 11) is 0. The number of rotatable bonds is 7. The van der Waals surface area contributed by atoms with Crippen LogP contribution >= 0.6 is 0 Å². The number of aromatic nitrogens is 2. The number of aliphatic carboxylic acids is 1. The summed E-state index contributed by atoms with van der Waals surface area (Å²) < 4.78 is 6.62. The standard InChI is InChI=1S/C11H16N2O6/c1-2-8(10(16)17)13-9(15)3-4-12(11(13)18)7-19-6-5-14/h3-4,8,14H,2,5-7H2,1H3,(H,16,17)/p-1. The van der Waals surface area contributed by atoms with Gasteiger partial charge >= 0.3 is 5.69 Å². The maximum atomic E-state index is 12.0. The molecule has 19 heavy (non-hydrogen) atoms. The van der Waals surface area contributed by atoms with Crippen molar-refractivity contribution in [3.8, 4) is 0 Å². The van der Waals surface area contributed by atoms with E-state index < -0.39 is 23.3 Å². The van der Waals surface area contributed by atoms with Crippen molar-refractivity contribution in [2.45, 2.75) is 26.1 Å². The molecule has 1 heterocycles. The van der Waals surface area contributed by atoms with Gasteiger partial charge in [-0.3, -0.25) is 13.9 Å². The highest BCUT2D eigenvalue weighted by Gasteiger charge is 2.16. The van der Waals surface area contributed by atoms with Crippen LogP contribution in [-0.2, 0) is 16.3 Å². The van der Waals surface area contributed by atoms with Crippen molar-refractivity contribution in [3.05, 3.63) is 33.1 Å². The molecule has 8 heteroatoms. The number of aliphatic hydroxyl groups excluding tert-OH is 1. The summed E-state index contributed by atoms with van der Waals surface area (Å²) in [4.78, 5) is 34.5. The Kier molecular flexibility index (Phi) is 5.46. The fourth-order valence-corrected chi connectivity index (χ4v) is 1.60. The molecule has 8 nitrogen and oxygen atoms in total. The largest absolute Gasteiger partial charge is 0.548 e. The number of carboxylic acids is 1. The molecule has 0 radical (unpaired) electrons. The molecule has 1 unspecified atom stereocenters. The lowest BCUT2D eigenvalue weighted by atomic mass is 10.2. The maximum Gasteiger partial charge on any atom is 0.333 e. The van der Waals surface area contributed by atoms with Gasteiger partial charge in [0.05, 0.1) is 25.2 Å². The fourth-order valence-electron chi connectivity index (χ4n) is 1.60. The van der Waals surface area contributed by atoms with Crippen molar-refractivity contribution in [1.82, 2.24) is 9.13 Å². The van der Waals surface area contributed by atoms with Crippen LogP contribution < -0.4 is 16.4 Å². The molecule has 0 bridgehead atoms. The Labute approximate surface area is 108 Å². The first-order valence-electron chi connectivity index (χ1n) is 5.74. The van der Waals surface area contributed by atoms with E-state index in [9.17, 15) is 19.5 Å².